The molecule has 0 spiro atoms. The zero-order valence-corrected chi connectivity index (χ0v) is 14.5. The summed E-state index contributed by atoms with van der Waals surface area (Å²) < 4.78 is 1.52. The number of nitrogens with one attached hydrogen (secondary N) is 1. The minimum absolute atomic E-state index is 0.0265. The first-order chi connectivity index (χ1) is 12.6. The Bertz CT molecular complexity index is 1040. The molecule has 3 aromatic rings. The summed E-state index contributed by atoms with van der Waals surface area (Å²) in [6.45, 7) is 1.95. The molecule has 26 heavy (non-hydrogen) atoms. The molecule has 0 saturated heterocycles. The summed E-state index contributed by atoms with van der Waals surface area (Å²) in [5.41, 5.74) is 4.65. The van der Waals surface area contributed by atoms with Gasteiger partial charge in [0.15, 0.2) is 5.82 Å². The van der Waals surface area contributed by atoms with Crippen LogP contribution in [0.2, 0.25) is 0 Å². The highest BCUT2D eigenvalue weighted by molar-refractivity contribution is 6.03. The fourth-order valence-electron chi connectivity index (χ4n) is 3.29. The van der Waals surface area contributed by atoms with Crippen LogP contribution in [-0.2, 0) is 12.8 Å². The minimum atomic E-state index is -0.346. The quantitative estimate of drug-likeness (QED) is 0.792. The monoisotopic (exact) mass is 345 g/mol. The number of aryl methyl sites for hydroxylation is 3. The molecule has 0 radical (unpaired) electrons. The van der Waals surface area contributed by atoms with Gasteiger partial charge in [0.2, 0.25) is 0 Å². The van der Waals surface area contributed by atoms with E-state index < -0.39 is 0 Å². The van der Waals surface area contributed by atoms with Crippen LogP contribution in [0.3, 0.4) is 0 Å². The standard InChI is InChI=1S/C21H19N3O2/c1-14-5-7-16(8-6-14)20(25)23-19-21(26)24(12-11-22-19)18-10-9-15-3-2-4-17(15)13-18/h5-13H,2-4H2,1H3,(H,22,23,25). The minimum Gasteiger partial charge on any atom is -0.302 e. The van der Waals surface area contributed by atoms with Gasteiger partial charge in [0.1, 0.15) is 0 Å². The first-order valence-electron chi connectivity index (χ1n) is 8.70. The molecule has 0 fully saturated rings. The summed E-state index contributed by atoms with van der Waals surface area (Å²) in [7, 11) is 0. The number of benzene rings is 2. The third-order valence-corrected chi connectivity index (χ3v) is 4.75. The Morgan fingerprint density at radius 2 is 1.85 bits per heavy atom. The maximum Gasteiger partial charge on any atom is 0.298 e. The lowest BCUT2D eigenvalue weighted by Crippen LogP contribution is -2.26. The first-order valence-corrected chi connectivity index (χ1v) is 8.70. The van der Waals surface area contributed by atoms with Crippen LogP contribution in [-0.4, -0.2) is 15.5 Å². The van der Waals surface area contributed by atoms with E-state index in [4.69, 9.17) is 0 Å². The van der Waals surface area contributed by atoms with Crippen molar-refractivity contribution in [3.8, 4) is 5.69 Å². The molecule has 1 amide bonds. The number of carbonyl (C=O) groups is 1. The number of hydrogen-bond donors (Lipinski definition) is 1. The fourth-order valence-corrected chi connectivity index (χ4v) is 3.29. The first kappa shape index (κ1) is 16.3. The van der Waals surface area contributed by atoms with E-state index in [2.05, 4.69) is 22.4 Å². The van der Waals surface area contributed by atoms with Crippen LogP contribution < -0.4 is 10.9 Å². The van der Waals surface area contributed by atoms with Gasteiger partial charge in [0.05, 0.1) is 0 Å². The molecule has 1 aliphatic rings. The van der Waals surface area contributed by atoms with E-state index in [1.54, 1.807) is 18.3 Å². The lowest BCUT2D eigenvalue weighted by atomic mass is 10.1. The average Bonchev–Trinajstić information content (AvgIpc) is 3.11. The second-order valence-corrected chi connectivity index (χ2v) is 6.58. The molecule has 0 unspecified atom stereocenters. The summed E-state index contributed by atoms with van der Waals surface area (Å²) >= 11 is 0. The van der Waals surface area contributed by atoms with Crippen LogP contribution in [0.1, 0.15) is 33.5 Å². The Kier molecular flexibility index (Phi) is 4.13. The lowest BCUT2D eigenvalue weighted by Gasteiger charge is -2.10. The van der Waals surface area contributed by atoms with Gasteiger partial charge in [0, 0.05) is 23.6 Å². The molecule has 0 saturated carbocycles. The highest BCUT2D eigenvalue weighted by Gasteiger charge is 2.14. The van der Waals surface area contributed by atoms with Gasteiger partial charge in [-0.15, -0.1) is 0 Å². The maximum absolute atomic E-state index is 12.8. The number of aromatic nitrogens is 2. The SMILES string of the molecule is Cc1ccc(C(=O)Nc2nccn(-c3ccc4c(c3)CCC4)c2=O)cc1. The van der Waals surface area contributed by atoms with Crippen LogP contribution in [0, 0.1) is 6.92 Å². The van der Waals surface area contributed by atoms with Crippen LogP contribution in [0.4, 0.5) is 5.82 Å². The second-order valence-electron chi connectivity index (χ2n) is 6.58. The number of carbonyl (C=O) groups excluding carboxylic acids is 1. The normalized spacial score (nSPS) is 12.7. The molecule has 1 aliphatic carbocycles. The van der Waals surface area contributed by atoms with Gasteiger partial charge < -0.3 is 5.32 Å². The predicted molar refractivity (Wildman–Crippen MR) is 101 cm³/mol. The Morgan fingerprint density at radius 3 is 2.65 bits per heavy atom. The summed E-state index contributed by atoms with van der Waals surface area (Å²) in [5.74, 6) is -0.320. The van der Waals surface area contributed by atoms with E-state index in [0.29, 0.717) is 5.56 Å². The van der Waals surface area contributed by atoms with E-state index >= 15 is 0 Å². The van der Waals surface area contributed by atoms with Crippen molar-refractivity contribution < 1.29 is 4.79 Å². The highest BCUT2D eigenvalue weighted by Crippen LogP contribution is 2.24. The number of fused-ring (bicyclic) bond motifs is 1. The van der Waals surface area contributed by atoms with Crippen molar-refractivity contribution in [3.05, 3.63) is 87.5 Å². The molecule has 0 atom stereocenters. The molecule has 5 nitrogen and oxygen atoms in total. The smallest absolute Gasteiger partial charge is 0.298 e. The number of rotatable bonds is 3. The summed E-state index contributed by atoms with van der Waals surface area (Å²) in [6.07, 6.45) is 6.44. The molecular weight excluding hydrogens is 326 g/mol. The van der Waals surface area contributed by atoms with Crippen molar-refractivity contribution in [3.63, 3.8) is 0 Å². The second kappa shape index (κ2) is 6.59. The van der Waals surface area contributed by atoms with E-state index in [9.17, 15) is 9.59 Å². The third kappa shape index (κ3) is 3.04. The van der Waals surface area contributed by atoms with E-state index in [1.807, 2.05) is 25.1 Å². The molecule has 2 aromatic carbocycles. The maximum atomic E-state index is 12.8. The number of hydrogen-bond acceptors (Lipinski definition) is 3. The van der Waals surface area contributed by atoms with Crippen molar-refractivity contribution in [1.82, 2.24) is 9.55 Å². The Morgan fingerprint density at radius 1 is 1.08 bits per heavy atom. The Hall–Kier alpha value is -3.21. The van der Waals surface area contributed by atoms with Gasteiger partial charge >= 0.3 is 0 Å². The summed E-state index contributed by atoms with van der Waals surface area (Å²) in [4.78, 5) is 29.2. The van der Waals surface area contributed by atoms with Gasteiger partial charge in [-0.25, -0.2) is 4.98 Å². The van der Waals surface area contributed by atoms with Crippen molar-refractivity contribution in [2.45, 2.75) is 26.2 Å². The van der Waals surface area contributed by atoms with Gasteiger partial charge in [-0.2, -0.15) is 0 Å². The van der Waals surface area contributed by atoms with Crippen molar-refractivity contribution in [2.75, 3.05) is 5.32 Å². The molecule has 5 heteroatoms. The topological polar surface area (TPSA) is 64.0 Å². The zero-order chi connectivity index (χ0) is 18.1. The number of nitrogens with zero attached hydrogens (tertiary/aromatic N) is 2. The van der Waals surface area contributed by atoms with E-state index in [-0.39, 0.29) is 17.3 Å². The fraction of sp³-hybridized carbons (Fsp3) is 0.190. The van der Waals surface area contributed by atoms with E-state index in [1.165, 1.54) is 21.9 Å². The lowest BCUT2D eigenvalue weighted by molar-refractivity contribution is 0.102. The van der Waals surface area contributed by atoms with E-state index in [0.717, 1.165) is 30.5 Å². The van der Waals surface area contributed by atoms with Crippen LogP contribution >= 0.6 is 0 Å². The molecule has 1 N–H and O–H groups in total. The van der Waals surface area contributed by atoms with Gasteiger partial charge in [-0.1, -0.05) is 23.8 Å². The summed E-state index contributed by atoms with van der Waals surface area (Å²) in [6, 6.07) is 13.2. The van der Waals surface area contributed by atoms with Crippen molar-refractivity contribution in [1.29, 1.82) is 0 Å². The average molecular weight is 345 g/mol. The summed E-state index contributed by atoms with van der Waals surface area (Å²) in [5, 5.41) is 2.63. The van der Waals surface area contributed by atoms with Gasteiger partial charge in [-0.05, 0) is 61.6 Å². The predicted octanol–water partition coefficient (Wildman–Crippen LogP) is 3.28. The van der Waals surface area contributed by atoms with Crippen molar-refractivity contribution >= 4 is 11.7 Å². The molecule has 1 heterocycles. The molecule has 4 rings (SSSR count). The molecule has 1 aromatic heterocycles. The van der Waals surface area contributed by atoms with Crippen LogP contribution in [0.15, 0.2) is 59.7 Å². The molecular formula is C21H19N3O2. The largest absolute Gasteiger partial charge is 0.302 e. The number of amides is 1. The van der Waals surface area contributed by atoms with Crippen LogP contribution in [0.25, 0.3) is 5.69 Å². The van der Waals surface area contributed by atoms with Crippen molar-refractivity contribution in [2.24, 2.45) is 0 Å². The zero-order valence-electron chi connectivity index (χ0n) is 14.5. The van der Waals surface area contributed by atoms with Gasteiger partial charge in [-0.3, -0.25) is 14.2 Å². The highest BCUT2D eigenvalue weighted by atomic mass is 16.2. The Balaban J connectivity index is 1.65. The molecule has 0 aliphatic heterocycles. The molecule has 0 bridgehead atoms. The Labute approximate surface area is 151 Å². The van der Waals surface area contributed by atoms with Crippen LogP contribution in [0.5, 0.6) is 0 Å². The number of anilines is 1. The van der Waals surface area contributed by atoms with Gasteiger partial charge in [0.25, 0.3) is 11.5 Å². The molecule has 130 valence electrons. The third-order valence-electron chi connectivity index (χ3n) is 4.75.